The molecule has 0 aromatic heterocycles. The monoisotopic (exact) mass is 215 g/mol. The molecule has 0 radical (unpaired) electrons. The summed E-state index contributed by atoms with van der Waals surface area (Å²) in [5.74, 6) is -0.743. The van der Waals surface area contributed by atoms with Gasteiger partial charge in [0.2, 0.25) is 0 Å². The first kappa shape index (κ1) is 12.4. The van der Waals surface area contributed by atoms with Crippen molar-refractivity contribution in [2.75, 3.05) is 46.8 Å². The third-order valence-corrected chi connectivity index (χ3v) is 2.64. The standard InChI is InChI=1S/C10H21N3O2/c1-12(2)5-3-6-13-7-4-11-9(8-13)10(14)15/h9,11H,3-8H2,1-2H3,(H,14,15). The van der Waals surface area contributed by atoms with Gasteiger partial charge in [0.1, 0.15) is 6.04 Å². The van der Waals surface area contributed by atoms with E-state index < -0.39 is 12.0 Å². The lowest BCUT2D eigenvalue weighted by Crippen LogP contribution is -2.54. The maximum atomic E-state index is 10.8. The van der Waals surface area contributed by atoms with E-state index in [1.165, 1.54) is 0 Å². The van der Waals surface area contributed by atoms with Crippen LogP contribution in [0.1, 0.15) is 6.42 Å². The van der Waals surface area contributed by atoms with Crippen LogP contribution in [0, 0.1) is 0 Å². The fourth-order valence-corrected chi connectivity index (χ4v) is 1.79. The Morgan fingerprint density at radius 3 is 2.93 bits per heavy atom. The number of aliphatic carboxylic acids is 1. The van der Waals surface area contributed by atoms with E-state index in [-0.39, 0.29) is 0 Å². The second-order valence-corrected chi connectivity index (χ2v) is 4.30. The Morgan fingerprint density at radius 2 is 2.33 bits per heavy atom. The Bertz CT molecular complexity index is 209. The molecule has 1 unspecified atom stereocenters. The second-order valence-electron chi connectivity index (χ2n) is 4.30. The van der Waals surface area contributed by atoms with Crippen molar-refractivity contribution in [1.82, 2.24) is 15.1 Å². The fraction of sp³-hybridized carbons (Fsp3) is 0.900. The summed E-state index contributed by atoms with van der Waals surface area (Å²) in [6.07, 6.45) is 1.10. The Kier molecular flexibility index (Phi) is 5.01. The highest BCUT2D eigenvalue weighted by molar-refractivity contribution is 5.73. The number of carboxylic acids is 1. The molecule has 5 heteroatoms. The number of carboxylic acid groups (broad SMARTS) is 1. The van der Waals surface area contributed by atoms with Gasteiger partial charge < -0.3 is 15.3 Å². The Balaban J connectivity index is 2.21. The minimum atomic E-state index is -0.743. The first-order chi connectivity index (χ1) is 7.09. The topological polar surface area (TPSA) is 55.8 Å². The molecular weight excluding hydrogens is 194 g/mol. The molecule has 0 bridgehead atoms. The molecule has 1 rings (SSSR count). The van der Waals surface area contributed by atoms with Crippen molar-refractivity contribution >= 4 is 5.97 Å². The summed E-state index contributed by atoms with van der Waals surface area (Å²) in [5.41, 5.74) is 0. The lowest BCUT2D eigenvalue weighted by atomic mass is 10.2. The van der Waals surface area contributed by atoms with Crippen molar-refractivity contribution < 1.29 is 9.90 Å². The van der Waals surface area contributed by atoms with Crippen molar-refractivity contribution in [3.63, 3.8) is 0 Å². The highest BCUT2D eigenvalue weighted by Gasteiger charge is 2.24. The third kappa shape index (κ3) is 4.59. The SMILES string of the molecule is CN(C)CCCN1CCNC(C(=O)O)C1. The average Bonchev–Trinajstić information content (AvgIpc) is 2.17. The molecule has 1 atom stereocenters. The zero-order valence-corrected chi connectivity index (χ0v) is 9.57. The average molecular weight is 215 g/mol. The summed E-state index contributed by atoms with van der Waals surface area (Å²) < 4.78 is 0. The van der Waals surface area contributed by atoms with E-state index in [0.717, 1.165) is 32.6 Å². The van der Waals surface area contributed by atoms with E-state index in [0.29, 0.717) is 6.54 Å². The van der Waals surface area contributed by atoms with Crippen LogP contribution in [0.15, 0.2) is 0 Å². The predicted molar refractivity (Wildman–Crippen MR) is 59.0 cm³/mol. The van der Waals surface area contributed by atoms with Gasteiger partial charge in [0.15, 0.2) is 0 Å². The minimum absolute atomic E-state index is 0.391. The van der Waals surface area contributed by atoms with Crippen LogP contribution >= 0.6 is 0 Å². The number of rotatable bonds is 5. The molecular formula is C10H21N3O2. The van der Waals surface area contributed by atoms with Crippen LogP contribution in [-0.2, 0) is 4.79 Å². The fourth-order valence-electron chi connectivity index (χ4n) is 1.79. The van der Waals surface area contributed by atoms with Crippen LogP contribution in [0.4, 0.5) is 0 Å². The molecule has 0 aromatic carbocycles. The lowest BCUT2D eigenvalue weighted by molar-refractivity contribution is -0.140. The second kappa shape index (κ2) is 6.05. The zero-order chi connectivity index (χ0) is 11.3. The van der Waals surface area contributed by atoms with Crippen LogP contribution in [0.25, 0.3) is 0 Å². The summed E-state index contributed by atoms with van der Waals surface area (Å²) in [5, 5.41) is 11.9. The molecule has 1 fully saturated rings. The summed E-state index contributed by atoms with van der Waals surface area (Å²) in [6.45, 7) is 4.41. The molecule has 0 aromatic rings. The Hall–Kier alpha value is -0.650. The first-order valence-corrected chi connectivity index (χ1v) is 5.43. The molecule has 1 heterocycles. The van der Waals surface area contributed by atoms with Gasteiger partial charge in [0.25, 0.3) is 0 Å². The van der Waals surface area contributed by atoms with Crippen LogP contribution in [0.3, 0.4) is 0 Å². The van der Waals surface area contributed by atoms with Gasteiger partial charge in [0.05, 0.1) is 0 Å². The minimum Gasteiger partial charge on any atom is -0.480 e. The van der Waals surface area contributed by atoms with E-state index in [1.807, 2.05) is 0 Å². The van der Waals surface area contributed by atoms with Crippen molar-refractivity contribution in [2.45, 2.75) is 12.5 Å². The van der Waals surface area contributed by atoms with Gasteiger partial charge in [-0.05, 0) is 33.6 Å². The Labute approximate surface area is 91.0 Å². The molecule has 1 saturated heterocycles. The van der Waals surface area contributed by atoms with Crippen molar-refractivity contribution in [3.8, 4) is 0 Å². The highest BCUT2D eigenvalue weighted by Crippen LogP contribution is 2.00. The van der Waals surface area contributed by atoms with Crippen LogP contribution in [0.2, 0.25) is 0 Å². The van der Waals surface area contributed by atoms with Crippen LogP contribution in [-0.4, -0.2) is 73.7 Å². The largest absolute Gasteiger partial charge is 0.480 e. The zero-order valence-electron chi connectivity index (χ0n) is 9.57. The van der Waals surface area contributed by atoms with E-state index in [4.69, 9.17) is 5.11 Å². The van der Waals surface area contributed by atoms with Crippen LogP contribution < -0.4 is 5.32 Å². The molecule has 0 spiro atoms. The molecule has 88 valence electrons. The first-order valence-electron chi connectivity index (χ1n) is 5.43. The van der Waals surface area contributed by atoms with Gasteiger partial charge in [-0.1, -0.05) is 0 Å². The van der Waals surface area contributed by atoms with Gasteiger partial charge in [-0.25, -0.2) is 0 Å². The van der Waals surface area contributed by atoms with Gasteiger partial charge in [-0.3, -0.25) is 9.69 Å². The molecule has 2 N–H and O–H groups in total. The highest BCUT2D eigenvalue weighted by atomic mass is 16.4. The summed E-state index contributed by atoms with van der Waals surface area (Å²) in [7, 11) is 4.11. The number of nitrogens with one attached hydrogen (secondary N) is 1. The number of carbonyl (C=O) groups is 1. The lowest BCUT2D eigenvalue weighted by Gasteiger charge is -2.31. The molecule has 0 saturated carbocycles. The van der Waals surface area contributed by atoms with E-state index in [2.05, 4.69) is 29.2 Å². The van der Waals surface area contributed by atoms with Gasteiger partial charge in [0, 0.05) is 19.6 Å². The number of piperazine rings is 1. The Morgan fingerprint density at radius 1 is 1.60 bits per heavy atom. The van der Waals surface area contributed by atoms with E-state index >= 15 is 0 Å². The molecule has 0 amide bonds. The number of hydrogen-bond acceptors (Lipinski definition) is 4. The maximum Gasteiger partial charge on any atom is 0.322 e. The normalized spacial score (nSPS) is 23.3. The molecule has 1 aliphatic rings. The van der Waals surface area contributed by atoms with Crippen LogP contribution in [0.5, 0.6) is 0 Å². The number of nitrogens with zero attached hydrogens (tertiary/aromatic N) is 2. The summed E-state index contributed by atoms with van der Waals surface area (Å²) in [4.78, 5) is 15.2. The number of hydrogen-bond donors (Lipinski definition) is 2. The smallest absolute Gasteiger partial charge is 0.322 e. The molecule has 15 heavy (non-hydrogen) atoms. The summed E-state index contributed by atoms with van der Waals surface area (Å²) >= 11 is 0. The van der Waals surface area contributed by atoms with Gasteiger partial charge >= 0.3 is 5.97 Å². The summed E-state index contributed by atoms with van der Waals surface area (Å²) in [6, 6.07) is -0.391. The van der Waals surface area contributed by atoms with Crippen molar-refractivity contribution in [2.24, 2.45) is 0 Å². The predicted octanol–water partition coefficient (Wildman–Crippen LogP) is -0.703. The third-order valence-electron chi connectivity index (χ3n) is 2.64. The van der Waals surface area contributed by atoms with Gasteiger partial charge in [-0.15, -0.1) is 0 Å². The van der Waals surface area contributed by atoms with E-state index in [1.54, 1.807) is 0 Å². The maximum absolute atomic E-state index is 10.8. The van der Waals surface area contributed by atoms with Crippen molar-refractivity contribution in [3.05, 3.63) is 0 Å². The quantitative estimate of drug-likeness (QED) is 0.635. The van der Waals surface area contributed by atoms with Gasteiger partial charge in [-0.2, -0.15) is 0 Å². The van der Waals surface area contributed by atoms with Crippen molar-refractivity contribution in [1.29, 1.82) is 0 Å². The molecule has 0 aliphatic carbocycles. The molecule has 5 nitrogen and oxygen atoms in total. The molecule has 1 aliphatic heterocycles. The van der Waals surface area contributed by atoms with E-state index in [9.17, 15) is 4.79 Å².